The Morgan fingerprint density at radius 1 is 0.421 bits per heavy atom. The van der Waals surface area contributed by atoms with Crippen LogP contribution in [0.2, 0.25) is 0 Å². The second-order valence-electron chi connectivity index (χ2n) is 33.0. The first kappa shape index (κ1) is 117. The van der Waals surface area contributed by atoms with Crippen molar-refractivity contribution in [3.63, 3.8) is 0 Å². The van der Waals surface area contributed by atoms with E-state index in [4.69, 9.17) is 102 Å². The third kappa shape index (κ3) is 53.3. The molecule has 1 aliphatic heterocycles. The first-order valence-electron chi connectivity index (χ1n) is 43.1. The van der Waals surface area contributed by atoms with E-state index in [0.29, 0.717) is 76.4 Å². The van der Waals surface area contributed by atoms with Gasteiger partial charge in [-0.3, -0.25) is 74.0 Å². The maximum Gasteiger partial charge on any atom is 0.475 e. The fourth-order valence-electron chi connectivity index (χ4n) is 11.2. The Labute approximate surface area is 750 Å². The molecule has 722 valence electrons. The molecule has 5 atom stereocenters. The Bertz CT molecular complexity index is 3710. The molecule has 5 unspecified atom stereocenters. The highest BCUT2D eigenvalue weighted by Crippen LogP contribution is 2.56. The highest BCUT2D eigenvalue weighted by atomic mass is 31.2. The number of unbranched alkanes of at least 4 members (excludes halogenated alkanes) is 6. The van der Waals surface area contributed by atoms with Gasteiger partial charge < -0.3 is 52.2 Å². The average Bonchev–Trinajstić information content (AvgIpc) is 0.942. The molecule has 0 spiro atoms. The lowest BCUT2D eigenvalue weighted by Crippen LogP contribution is -2.46. The van der Waals surface area contributed by atoms with Gasteiger partial charge in [-0.2, -0.15) is 0 Å². The number of hydrogen-bond donors (Lipinski definition) is 1. The summed E-state index contributed by atoms with van der Waals surface area (Å²) in [5.74, 6) is -0.333. The van der Waals surface area contributed by atoms with Crippen LogP contribution >= 0.6 is 31.3 Å². The van der Waals surface area contributed by atoms with Gasteiger partial charge in [0.2, 0.25) is 0 Å². The van der Waals surface area contributed by atoms with Crippen molar-refractivity contribution in [2.75, 3.05) is 154 Å². The number of hydrogen-bond acceptors (Lipinski definition) is 32. The number of amides is 2. The number of methoxy groups -OCH3 is 5. The van der Waals surface area contributed by atoms with Crippen molar-refractivity contribution >= 4 is 55.0 Å². The molecule has 4 aromatic carbocycles. The summed E-state index contributed by atoms with van der Waals surface area (Å²) in [6.45, 7) is 36.4. The number of esters is 1. The van der Waals surface area contributed by atoms with E-state index in [1.54, 1.807) is 117 Å². The van der Waals surface area contributed by atoms with Gasteiger partial charge in [0.05, 0.1) is 141 Å². The molecule has 33 nitrogen and oxygen atoms in total. The molecular formula is C89H150N2O31P4. The minimum atomic E-state index is -3.75. The minimum absolute atomic E-state index is 0.0493. The molecule has 0 radical (unpaired) electrons. The van der Waals surface area contributed by atoms with E-state index in [1.165, 1.54) is 7.11 Å². The Kier molecular flexibility index (Phi) is 58.3. The maximum atomic E-state index is 13.0. The number of imide groups is 1. The number of ether oxygens (including phenoxy) is 10. The predicted molar refractivity (Wildman–Crippen MR) is 480 cm³/mol. The van der Waals surface area contributed by atoms with Gasteiger partial charge in [0, 0.05) is 78.3 Å². The van der Waals surface area contributed by atoms with Crippen molar-refractivity contribution < 1.29 is 144 Å². The summed E-state index contributed by atoms with van der Waals surface area (Å²) in [5, 5.41) is 4.35. The van der Waals surface area contributed by atoms with Crippen LogP contribution in [0, 0.1) is 5.92 Å². The third-order valence-corrected chi connectivity index (χ3v) is 23.7. The molecule has 0 saturated carbocycles. The van der Waals surface area contributed by atoms with Crippen LogP contribution in [-0.2, 0) is 140 Å². The molecular weight excluding hydrogens is 1720 g/mol. The monoisotopic (exact) mass is 1870 g/mol. The van der Waals surface area contributed by atoms with E-state index in [9.17, 15) is 37.4 Å². The zero-order chi connectivity index (χ0) is 94.2. The molecule has 1 heterocycles. The highest BCUT2D eigenvalue weighted by molar-refractivity contribution is 7.49. The van der Waals surface area contributed by atoms with Crippen molar-refractivity contribution in [1.29, 1.82) is 0 Å². The topological polar surface area (TPSA) is 364 Å². The molecule has 1 aliphatic rings. The molecule has 0 aliphatic carbocycles. The first-order valence-corrected chi connectivity index (χ1v) is 49.0. The van der Waals surface area contributed by atoms with Crippen LogP contribution in [0.15, 0.2) is 109 Å². The standard InChI is InChI=1S/C31H42NO6P.C23H42NO10P.C21H37O8P.C14H29O7P/c1-25(2)37-39(33,38-30(3,4)5)36-24-23-35-22-21-32-31(26-13-9-7-10-14-26,27-15-11-8-12-16-27)28-17-19-29(34-6)20-18-28;1-23(2,3)34-35(28,32-19-18-30-17-16-29-4)31-15-11-9-7-5-6-8-10-12-22(27)33-24-20(25)13-14-21(24)26;1-8-25-15-17(2)16-28-30(22,29-21(3,4)5)27-14-13-26-19-11-9-18(10-12-19)20(23-6)24-7;1-6-9-18-11-12-20-22(16,21-14(2,3)4)19-10-7-8-13(15)17-5/h7-20,25,32H,21-24H2,1-6H3;5-19H2,1-4H3;9-12,17,20H,8,13-16H2,1-7H3;6-12H2,1-5H3. The normalized spacial score (nSPS) is 14.9. The molecule has 1 N–H and O–H groups in total. The highest BCUT2D eigenvalue weighted by Gasteiger charge is 2.40. The van der Waals surface area contributed by atoms with E-state index < -0.39 is 83.3 Å². The van der Waals surface area contributed by atoms with E-state index >= 15 is 0 Å². The third-order valence-electron chi connectivity index (χ3n) is 16.4. The molecule has 4 aromatic rings. The lowest BCUT2D eigenvalue weighted by molar-refractivity contribution is -0.197. The number of phosphoric ester groups is 4. The molecule has 1 fully saturated rings. The van der Waals surface area contributed by atoms with Gasteiger partial charge in [-0.05, 0) is 170 Å². The van der Waals surface area contributed by atoms with E-state index in [-0.39, 0.29) is 110 Å². The number of hydroxylamine groups is 2. The summed E-state index contributed by atoms with van der Waals surface area (Å²) >= 11 is 0. The first-order chi connectivity index (χ1) is 59.5. The number of carbonyl (C=O) groups is 4. The van der Waals surface area contributed by atoms with Crippen LogP contribution in [0.25, 0.3) is 0 Å². The van der Waals surface area contributed by atoms with Gasteiger partial charge in [0.1, 0.15) is 18.1 Å². The maximum absolute atomic E-state index is 13.0. The molecule has 1 saturated heterocycles. The number of benzene rings is 4. The number of nitrogens with one attached hydrogen (secondary N) is 1. The number of phosphoric acid groups is 4. The van der Waals surface area contributed by atoms with Gasteiger partial charge in [-0.1, -0.05) is 131 Å². The largest absolute Gasteiger partial charge is 0.497 e. The second kappa shape index (κ2) is 62.9. The molecule has 5 rings (SSSR count). The minimum Gasteiger partial charge on any atom is -0.497 e. The van der Waals surface area contributed by atoms with Crippen LogP contribution in [-0.4, -0.2) is 212 Å². The second-order valence-corrected chi connectivity index (χ2v) is 39.3. The lowest BCUT2D eigenvalue weighted by Gasteiger charge is -2.37. The SMILES string of the molecule is CCCOCCOP(=O)(OCCCC(=O)OC)OC(C)(C)C.CCOCC(C)COP(=O)(OCCOc1ccc(C(OC)OC)cc1)OC(C)(C)C.COCCOCCOP(=O)(OCCCCCCCCCC(=O)ON1C(=O)CCC1=O)OC(C)(C)C.COc1ccc(C(NCCOCCOP(=O)(OC(C)C)OC(C)(C)C)(c2ccccc2)c2ccccc2)cc1. The Morgan fingerprint density at radius 2 is 0.833 bits per heavy atom. The summed E-state index contributed by atoms with van der Waals surface area (Å²) in [6.07, 6.45) is 7.12. The van der Waals surface area contributed by atoms with Crippen molar-refractivity contribution in [3.05, 3.63) is 131 Å². The summed E-state index contributed by atoms with van der Waals surface area (Å²) in [7, 11) is -7.12. The number of nitrogens with zero attached hydrogens (tertiary/aromatic N) is 1. The predicted octanol–water partition coefficient (Wildman–Crippen LogP) is 19.6. The fraction of sp³-hybridized carbons (Fsp3) is 0.685. The van der Waals surface area contributed by atoms with E-state index in [0.717, 1.165) is 72.9 Å². The van der Waals surface area contributed by atoms with E-state index in [1.807, 2.05) is 102 Å². The van der Waals surface area contributed by atoms with Crippen molar-refractivity contribution in [3.8, 4) is 11.5 Å². The van der Waals surface area contributed by atoms with Crippen LogP contribution < -0.4 is 14.8 Å². The van der Waals surface area contributed by atoms with Crippen molar-refractivity contribution in [2.45, 2.75) is 242 Å². The van der Waals surface area contributed by atoms with Crippen LogP contribution in [0.5, 0.6) is 11.5 Å². The molecule has 0 aromatic heterocycles. The van der Waals surface area contributed by atoms with E-state index in [2.05, 4.69) is 46.5 Å². The number of carbonyl (C=O) groups excluding carboxylic acids is 4. The zero-order valence-corrected chi connectivity index (χ0v) is 82.5. The Balaban J connectivity index is 0.000000580. The molecule has 0 bridgehead atoms. The van der Waals surface area contributed by atoms with Gasteiger partial charge in [0.15, 0.2) is 6.29 Å². The lowest BCUT2D eigenvalue weighted by atomic mass is 9.77. The number of rotatable bonds is 62. The van der Waals surface area contributed by atoms with Gasteiger partial charge in [-0.15, -0.1) is 5.06 Å². The average molecular weight is 1870 g/mol. The van der Waals surface area contributed by atoms with Crippen molar-refractivity contribution in [1.82, 2.24) is 10.4 Å². The molecule has 2 amide bonds. The molecule has 126 heavy (non-hydrogen) atoms. The summed E-state index contributed by atoms with van der Waals surface area (Å²) < 4.78 is 170. The summed E-state index contributed by atoms with van der Waals surface area (Å²) in [4.78, 5) is 50.5. The van der Waals surface area contributed by atoms with Gasteiger partial charge in [0.25, 0.3) is 11.8 Å². The van der Waals surface area contributed by atoms with Crippen LogP contribution in [0.3, 0.4) is 0 Å². The summed E-state index contributed by atoms with van der Waals surface area (Å²) in [5.41, 5.74) is 0.836. The van der Waals surface area contributed by atoms with Crippen LogP contribution in [0.4, 0.5) is 0 Å². The van der Waals surface area contributed by atoms with Crippen molar-refractivity contribution in [2.24, 2.45) is 5.92 Å². The Morgan fingerprint density at radius 3 is 1.29 bits per heavy atom. The quantitative estimate of drug-likeness (QED) is 0.0107. The van der Waals surface area contributed by atoms with Gasteiger partial charge >= 0.3 is 43.2 Å². The molecule has 37 heteroatoms. The Hall–Kier alpha value is -5.32. The van der Waals surface area contributed by atoms with Crippen LogP contribution in [0.1, 0.15) is 230 Å². The smallest absolute Gasteiger partial charge is 0.475 e. The summed E-state index contributed by atoms with van der Waals surface area (Å²) in [6, 6.07) is 36.1. The van der Waals surface area contributed by atoms with Gasteiger partial charge in [-0.25, -0.2) is 23.1 Å². The zero-order valence-electron chi connectivity index (χ0n) is 78.9. The fourth-order valence-corrected chi connectivity index (χ4v) is 17.4.